The average molecular weight is 852 g/mol. The zero-order valence-corrected chi connectivity index (χ0v) is 32.5. The molecule has 1 heterocycles. The molecule has 19 heteroatoms. The predicted octanol–water partition coefficient (Wildman–Crippen LogP) is 7.05. The van der Waals surface area contributed by atoms with E-state index in [1.54, 1.807) is 42.5 Å². The Bertz CT molecular complexity index is 2310. The lowest BCUT2D eigenvalue weighted by atomic mass is 10.1. The van der Waals surface area contributed by atoms with Crippen molar-refractivity contribution in [2.45, 2.75) is 37.0 Å². The van der Waals surface area contributed by atoms with Crippen LogP contribution in [0, 0.1) is 0 Å². The van der Waals surface area contributed by atoms with Crippen LogP contribution in [0.5, 0.6) is 6.01 Å². The van der Waals surface area contributed by atoms with Gasteiger partial charge in [-0.2, -0.15) is 28.1 Å². The van der Waals surface area contributed by atoms with Gasteiger partial charge in [-0.15, -0.1) is 0 Å². The van der Waals surface area contributed by atoms with Crippen molar-refractivity contribution in [3.05, 3.63) is 118 Å². The molecule has 306 valence electrons. The maximum atomic E-state index is 13.2. The van der Waals surface area contributed by atoms with Gasteiger partial charge in [-0.25, -0.2) is 4.79 Å². The lowest BCUT2D eigenvalue weighted by Crippen LogP contribution is -2.44. The number of hydrogen-bond donors (Lipinski definition) is 5. The summed E-state index contributed by atoms with van der Waals surface area (Å²) in [6.07, 6.45) is -3.35. The van der Waals surface area contributed by atoms with Crippen LogP contribution in [-0.2, 0) is 24.7 Å². The summed E-state index contributed by atoms with van der Waals surface area (Å²) in [6.45, 7) is -1.80. The molecule has 1 saturated carbocycles. The highest BCUT2D eigenvalue weighted by Gasteiger charge is 2.45. The highest BCUT2D eigenvalue weighted by atomic mass is 35.5. The molecule has 0 spiro atoms. The summed E-state index contributed by atoms with van der Waals surface area (Å²) in [7, 11) is 1.13. The number of nitrogens with one attached hydrogen (secondary N) is 5. The lowest BCUT2D eigenvalue weighted by molar-refractivity contribution is -0.154. The summed E-state index contributed by atoms with van der Waals surface area (Å²) in [5, 5.41) is 14.7. The van der Waals surface area contributed by atoms with E-state index >= 15 is 0 Å². The molecule has 0 aliphatic heterocycles. The molecule has 1 aromatic heterocycles. The zero-order valence-electron chi connectivity index (χ0n) is 31.0. The van der Waals surface area contributed by atoms with Crippen LogP contribution in [-0.4, -0.2) is 71.1 Å². The highest BCUT2D eigenvalue weighted by molar-refractivity contribution is 6.39. The Morgan fingerprint density at radius 1 is 0.797 bits per heavy atom. The third-order valence-corrected chi connectivity index (χ3v) is 9.40. The van der Waals surface area contributed by atoms with E-state index in [1.165, 1.54) is 24.3 Å². The SMILES string of the molecule is COC(=O)[C@H](CCNC(=O)C(=O)Nc1cccc(-c2ccc(Cl)cc2)c1)NC(=O)c1ccc(Nc2nc(NC3(c4ccc(Cl)cc4)CC3)nc(OCC(F)(F)F)n2)cc1. The molecule has 0 bridgehead atoms. The van der Waals surface area contributed by atoms with Crippen LogP contribution in [0.2, 0.25) is 10.0 Å². The summed E-state index contributed by atoms with van der Waals surface area (Å²) in [4.78, 5) is 63.3. The van der Waals surface area contributed by atoms with E-state index in [4.69, 9.17) is 32.7 Å². The van der Waals surface area contributed by atoms with Gasteiger partial charge in [0.15, 0.2) is 6.61 Å². The van der Waals surface area contributed by atoms with Crippen molar-refractivity contribution in [1.29, 1.82) is 0 Å². The number of carbonyl (C=O) groups is 4. The first-order valence-corrected chi connectivity index (χ1v) is 18.6. The molecule has 3 amide bonds. The molecule has 1 aliphatic rings. The van der Waals surface area contributed by atoms with E-state index in [-0.39, 0.29) is 30.4 Å². The molecular formula is C40H35Cl2F3N8O6. The number of benzene rings is 4. The minimum Gasteiger partial charge on any atom is -0.467 e. The lowest BCUT2D eigenvalue weighted by Gasteiger charge is -2.19. The second-order valence-electron chi connectivity index (χ2n) is 13.2. The van der Waals surface area contributed by atoms with E-state index in [1.807, 2.05) is 30.3 Å². The fraction of sp³-hybridized carbons (Fsp3) is 0.225. The van der Waals surface area contributed by atoms with Crippen molar-refractivity contribution in [3.8, 4) is 17.1 Å². The molecular weight excluding hydrogens is 816 g/mol. The number of ether oxygens (including phenoxy) is 2. The minimum atomic E-state index is -4.64. The Morgan fingerprint density at radius 3 is 2.10 bits per heavy atom. The number of esters is 1. The van der Waals surface area contributed by atoms with Gasteiger partial charge >= 0.3 is 30.0 Å². The van der Waals surface area contributed by atoms with Gasteiger partial charge in [0.2, 0.25) is 11.9 Å². The number of aromatic nitrogens is 3. The molecule has 1 atom stereocenters. The van der Waals surface area contributed by atoms with Gasteiger partial charge in [-0.1, -0.05) is 59.6 Å². The molecule has 0 saturated heterocycles. The van der Waals surface area contributed by atoms with Gasteiger partial charge in [0.05, 0.1) is 12.6 Å². The monoisotopic (exact) mass is 850 g/mol. The van der Waals surface area contributed by atoms with E-state index in [9.17, 15) is 32.3 Å². The molecule has 14 nitrogen and oxygen atoms in total. The zero-order chi connectivity index (χ0) is 42.2. The van der Waals surface area contributed by atoms with Crippen LogP contribution >= 0.6 is 23.2 Å². The Hall–Kier alpha value is -6.46. The summed E-state index contributed by atoms with van der Waals surface area (Å²) in [5.41, 5.74) is 2.82. The Balaban J connectivity index is 1.05. The van der Waals surface area contributed by atoms with E-state index in [0.717, 1.165) is 23.8 Å². The maximum absolute atomic E-state index is 13.2. The Labute approximate surface area is 345 Å². The average Bonchev–Trinajstić information content (AvgIpc) is 4.00. The maximum Gasteiger partial charge on any atom is 0.422 e. The van der Waals surface area contributed by atoms with Crippen molar-refractivity contribution >= 4 is 70.2 Å². The van der Waals surface area contributed by atoms with Gasteiger partial charge < -0.3 is 36.1 Å². The Morgan fingerprint density at radius 2 is 1.46 bits per heavy atom. The Kier molecular flexibility index (Phi) is 13.2. The summed E-state index contributed by atoms with van der Waals surface area (Å²) in [6, 6.07) is 25.1. The quantitative estimate of drug-likeness (QED) is 0.0537. The number of carbonyl (C=O) groups excluding carboxylic acids is 4. The molecule has 5 N–H and O–H groups in total. The largest absolute Gasteiger partial charge is 0.467 e. The number of rotatable bonds is 15. The number of halogens is 5. The van der Waals surface area contributed by atoms with Crippen molar-refractivity contribution in [2.24, 2.45) is 0 Å². The van der Waals surface area contributed by atoms with Crippen LogP contribution in [0.1, 0.15) is 35.2 Å². The van der Waals surface area contributed by atoms with Crippen molar-refractivity contribution in [1.82, 2.24) is 25.6 Å². The summed E-state index contributed by atoms with van der Waals surface area (Å²) >= 11 is 12.0. The fourth-order valence-corrected chi connectivity index (χ4v) is 6.01. The normalized spacial score (nSPS) is 13.3. The predicted molar refractivity (Wildman–Crippen MR) is 214 cm³/mol. The van der Waals surface area contributed by atoms with Crippen molar-refractivity contribution in [3.63, 3.8) is 0 Å². The fourth-order valence-electron chi connectivity index (χ4n) is 5.76. The molecule has 1 aliphatic carbocycles. The molecule has 0 unspecified atom stereocenters. The minimum absolute atomic E-state index is 0.0335. The first-order valence-electron chi connectivity index (χ1n) is 17.9. The summed E-state index contributed by atoms with van der Waals surface area (Å²) < 4.78 is 48.6. The first kappa shape index (κ1) is 42.2. The van der Waals surface area contributed by atoms with E-state index in [2.05, 4.69) is 41.5 Å². The smallest absolute Gasteiger partial charge is 0.422 e. The summed E-state index contributed by atoms with van der Waals surface area (Å²) in [5.74, 6) is -3.53. The number of hydrogen-bond acceptors (Lipinski definition) is 11. The molecule has 59 heavy (non-hydrogen) atoms. The topological polar surface area (TPSA) is 186 Å². The van der Waals surface area contributed by atoms with Crippen LogP contribution in [0.3, 0.4) is 0 Å². The molecule has 6 rings (SSSR count). The third kappa shape index (κ3) is 11.8. The molecule has 0 radical (unpaired) electrons. The van der Waals surface area contributed by atoms with Gasteiger partial charge in [0, 0.05) is 33.5 Å². The van der Waals surface area contributed by atoms with Gasteiger partial charge in [-0.3, -0.25) is 14.4 Å². The van der Waals surface area contributed by atoms with Crippen LogP contribution in [0.15, 0.2) is 97.1 Å². The van der Waals surface area contributed by atoms with Crippen LogP contribution in [0.25, 0.3) is 11.1 Å². The van der Waals surface area contributed by atoms with Gasteiger partial charge in [0.1, 0.15) is 6.04 Å². The standard InChI is InChI=1S/C40H35Cl2F3N8O6/c1-58-35(57)31(17-20-46-33(55)34(56)47-30-4-2-3-25(21-30)23-5-11-27(41)12-6-23)49-32(54)24-7-15-29(16-8-24)48-36-50-37(52-38(51-36)59-22-40(43,44)45)53-39(18-19-39)26-9-13-28(42)14-10-26/h2-16,21,31H,17-20,22H2,1H3,(H,46,55)(H,47,56)(H,49,54)(H2,48,50,51,52,53)/t31-/m0/s1. The second kappa shape index (κ2) is 18.4. The molecule has 1 fully saturated rings. The van der Waals surface area contributed by atoms with Crippen molar-refractivity contribution < 1.29 is 41.8 Å². The van der Waals surface area contributed by atoms with Crippen LogP contribution < -0.4 is 31.3 Å². The second-order valence-corrected chi connectivity index (χ2v) is 14.1. The van der Waals surface area contributed by atoms with Crippen molar-refractivity contribution in [2.75, 3.05) is 36.2 Å². The van der Waals surface area contributed by atoms with Gasteiger partial charge in [0.25, 0.3) is 5.91 Å². The number of alkyl halides is 3. The van der Waals surface area contributed by atoms with Crippen LogP contribution in [0.4, 0.5) is 36.4 Å². The van der Waals surface area contributed by atoms with Gasteiger partial charge in [-0.05, 0) is 96.6 Å². The number of methoxy groups -OCH3 is 1. The highest BCUT2D eigenvalue weighted by Crippen LogP contribution is 2.48. The number of anilines is 4. The molecule has 5 aromatic rings. The first-order chi connectivity index (χ1) is 28.2. The number of amides is 3. The van der Waals surface area contributed by atoms with E-state index in [0.29, 0.717) is 34.3 Å². The third-order valence-electron chi connectivity index (χ3n) is 8.89. The van der Waals surface area contributed by atoms with E-state index < -0.39 is 54.1 Å². The number of nitrogens with zero attached hydrogens (tertiary/aromatic N) is 3. The molecule has 4 aromatic carbocycles.